The molecule has 2 rings (SSSR count). The van der Waals surface area contributed by atoms with Gasteiger partial charge in [-0.15, -0.1) is 13.2 Å². The van der Waals surface area contributed by atoms with E-state index in [1.54, 1.807) is 6.92 Å². The number of aromatic nitrogens is 1. The molecule has 0 atom stereocenters. The summed E-state index contributed by atoms with van der Waals surface area (Å²) in [5, 5.41) is 8.95. The molecule has 112 valence electrons. The summed E-state index contributed by atoms with van der Waals surface area (Å²) in [4.78, 5) is 15.0. The fraction of sp³-hybridized carbons (Fsp3) is 0.231. The van der Waals surface area contributed by atoms with Gasteiger partial charge < -0.3 is 14.3 Å². The number of carboxylic acids is 1. The lowest BCUT2D eigenvalue weighted by atomic mass is 10.2. The minimum atomic E-state index is -4.77. The highest BCUT2D eigenvalue weighted by molar-refractivity contribution is 5.86. The summed E-state index contributed by atoms with van der Waals surface area (Å²) in [6, 6.07) is 4.80. The van der Waals surface area contributed by atoms with Crippen molar-refractivity contribution < 1.29 is 32.2 Å². The van der Waals surface area contributed by atoms with Gasteiger partial charge in [-0.3, -0.25) is 0 Å². The summed E-state index contributed by atoms with van der Waals surface area (Å²) in [6.45, 7) is 1.72. The van der Waals surface area contributed by atoms with Crippen LogP contribution in [0.25, 0.3) is 11.5 Å². The second kappa shape index (κ2) is 5.47. The third-order valence-corrected chi connectivity index (χ3v) is 2.56. The van der Waals surface area contributed by atoms with Crippen LogP contribution in [0.2, 0.25) is 0 Å². The lowest BCUT2D eigenvalue weighted by Crippen LogP contribution is -2.16. The molecule has 0 amide bonds. The van der Waals surface area contributed by atoms with Gasteiger partial charge in [0, 0.05) is 5.56 Å². The summed E-state index contributed by atoms with van der Waals surface area (Å²) >= 11 is 0. The van der Waals surface area contributed by atoms with Gasteiger partial charge in [-0.1, -0.05) is 6.92 Å². The Morgan fingerprint density at radius 1 is 1.33 bits per heavy atom. The quantitative estimate of drug-likeness (QED) is 0.935. The fourth-order valence-electron chi connectivity index (χ4n) is 1.68. The monoisotopic (exact) mass is 301 g/mol. The molecule has 0 aliphatic heterocycles. The van der Waals surface area contributed by atoms with E-state index in [1.165, 1.54) is 12.1 Å². The van der Waals surface area contributed by atoms with Gasteiger partial charge in [0.2, 0.25) is 11.7 Å². The van der Waals surface area contributed by atoms with Crippen LogP contribution in [0.1, 0.15) is 23.2 Å². The van der Waals surface area contributed by atoms with E-state index < -0.39 is 12.3 Å². The molecule has 0 saturated carbocycles. The molecule has 8 heteroatoms. The second-order valence-electron chi connectivity index (χ2n) is 4.03. The number of hydrogen-bond acceptors (Lipinski definition) is 4. The minimum absolute atomic E-state index is 0.0304. The van der Waals surface area contributed by atoms with Crippen molar-refractivity contribution in [3.05, 3.63) is 35.7 Å². The number of aromatic carboxylic acids is 1. The molecule has 21 heavy (non-hydrogen) atoms. The number of oxazole rings is 1. The van der Waals surface area contributed by atoms with Crippen molar-refractivity contribution in [3.8, 4) is 17.2 Å². The van der Waals surface area contributed by atoms with E-state index in [4.69, 9.17) is 9.52 Å². The first-order chi connectivity index (χ1) is 9.80. The Bertz CT molecular complexity index is 646. The zero-order chi connectivity index (χ0) is 15.6. The molecule has 0 radical (unpaired) electrons. The van der Waals surface area contributed by atoms with Crippen molar-refractivity contribution in [2.24, 2.45) is 0 Å². The number of carbonyl (C=O) groups is 1. The SMILES string of the molecule is CCc1nc(-c2ccc(OC(F)(F)F)cc2)oc1C(=O)O. The predicted octanol–water partition coefficient (Wildman–Crippen LogP) is 3.50. The summed E-state index contributed by atoms with van der Waals surface area (Å²) in [5.74, 6) is -1.87. The van der Waals surface area contributed by atoms with E-state index in [2.05, 4.69) is 9.72 Å². The van der Waals surface area contributed by atoms with Gasteiger partial charge in [-0.25, -0.2) is 9.78 Å². The van der Waals surface area contributed by atoms with Crippen molar-refractivity contribution in [3.63, 3.8) is 0 Å². The molecule has 0 unspecified atom stereocenters. The van der Waals surface area contributed by atoms with Crippen molar-refractivity contribution in [2.45, 2.75) is 19.7 Å². The number of benzene rings is 1. The van der Waals surface area contributed by atoms with Crippen LogP contribution in [0, 0.1) is 0 Å². The average molecular weight is 301 g/mol. The topological polar surface area (TPSA) is 72.6 Å². The molecule has 5 nitrogen and oxygen atoms in total. The number of hydrogen-bond donors (Lipinski definition) is 1. The highest BCUT2D eigenvalue weighted by atomic mass is 19.4. The normalized spacial score (nSPS) is 11.4. The highest BCUT2D eigenvalue weighted by Gasteiger charge is 2.31. The minimum Gasteiger partial charge on any atom is -0.475 e. The molecule has 1 N–H and O–H groups in total. The molecule has 1 heterocycles. The van der Waals surface area contributed by atoms with Gasteiger partial charge in [-0.2, -0.15) is 0 Å². The molecule has 0 saturated heterocycles. The van der Waals surface area contributed by atoms with Crippen molar-refractivity contribution in [1.29, 1.82) is 0 Å². The van der Waals surface area contributed by atoms with Crippen LogP contribution in [-0.4, -0.2) is 22.4 Å². The van der Waals surface area contributed by atoms with Crippen LogP contribution in [0.3, 0.4) is 0 Å². The van der Waals surface area contributed by atoms with Crippen LogP contribution in [-0.2, 0) is 6.42 Å². The van der Waals surface area contributed by atoms with E-state index in [0.29, 0.717) is 12.0 Å². The third-order valence-electron chi connectivity index (χ3n) is 2.56. The predicted molar refractivity (Wildman–Crippen MR) is 65.0 cm³/mol. The molecule has 0 bridgehead atoms. The number of halogens is 3. The summed E-state index contributed by atoms with van der Waals surface area (Å²) in [6.07, 6.45) is -4.41. The molecular formula is C13H10F3NO4. The summed E-state index contributed by atoms with van der Waals surface area (Å²) < 4.78 is 45.0. The Labute approximate surface area is 117 Å². The number of nitrogens with zero attached hydrogens (tertiary/aromatic N) is 1. The van der Waals surface area contributed by atoms with Crippen LogP contribution in [0.5, 0.6) is 5.75 Å². The standard InChI is InChI=1S/C13H10F3NO4/c1-2-9-10(12(18)19)20-11(17-9)7-3-5-8(6-4-7)21-13(14,15)16/h3-6H,2H2,1H3,(H,18,19). The van der Waals surface area contributed by atoms with Crippen LogP contribution in [0.15, 0.2) is 28.7 Å². The van der Waals surface area contributed by atoms with Crippen LogP contribution >= 0.6 is 0 Å². The van der Waals surface area contributed by atoms with Gasteiger partial charge >= 0.3 is 12.3 Å². The van der Waals surface area contributed by atoms with E-state index in [9.17, 15) is 18.0 Å². The third kappa shape index (κ3) is 3.53. The Morgan fingerprint density at radius 3 is 2.38 bits per heavy atom. The van der Waals surface area contributed by atoms with Crippen LogP contribution in [0.4, 0.5) is 13.2 Å². The Kier molecular flexibility index (Phi) is 3.88. The lowest BCUT2D eigenvalue weighted by Gasteiger charge is -2.08. The molecule has 1 aromatic heterocycles. The van der Waals surface area contributed by atoms with Gasteiger partial charge in [0.25, 0.3) is 0 Å². The van der Waals surface area contributed by atoms with Crippen molar-refractivity contribution in [2.75, 3.05) is 0 Å². The largest absolute Gasteiger partial charge is 0.573 e. The van der Waals surface area contributed by atoms with Gasteiger partial charge in [0.05, 0.1) is 5.69 Å². The Balaban J connectivity index is 2.29. The van der Waals surface area contributed by atoms with E-state index in [-0.39, 0.29) is 23.1 Å². The zero-order valence-electron chi connectivity index (χ0n) is 10.8. The molecular weight excluding hydrogens is 291 g/mol. The van der Waals surface area contributed by atoms with E-state index in [1.807, 2.05) is 0 Å². The molecule has 0 spiro atoms. The second-order valence-corrected chi connectivity index (χ2v) is 4.03. The van der Waals surface area contributed by atoms with Gasteiger partial charge in [0.15, 0.2) is 0 Å². The Morgan fingerprint density at radius 2 is 1.95 bits per heavy atom. The first kappa shape index (κ1) is 14.9. The van der Waals surface area contributed by atoms with E-state index in [0.717, 1.165) is 12.1 Å². The molecule has 1 aromatic carbocycles. The smallest absolute Gasteiger partial charge is 0.475 e. The lowest BCUT2D eigenvalue weighted by molar-refractivity contribution is -0.274. The molecule has 2 aromatic rings. The average Bonchev–Trinajstić information content (AvgIpc) is 2.82. The van der Waals surface area contributed by atoms with Crippen LogP contribution < -0.4 is 4.74 Å². The molecule has 0 aliphatic carbocycles. The molecule has 0 aliphatic rings. The maximum atomic E-state index is 12.0. The number of carboxylic acid groups (broad SMARTS) is 1. The zero-order valence-corrected chi connectivity index (χ0v) is 10.8. The van der Waals surface area contributed by atoms with Crippen molar-refractivity contribution >= 4 is 5.97 Å². The van der Waals surface area contributed by atoms with Crippen molar-refractivity contribution in [1.82, 2.24) is 4.98 Å². The highest BCUT2D eigenvalue weighted by Crippen LogP contribution is 2.27. The number of aryl methyl sites for hydroxylation is 1. The number of rotatable bonds is 4. The summed E-state index contributed by atoms with van der Waals surface area (Å²) in [7, 11) is 0. The fourth-order valence-corrected chi connectivity index (χ4v) is 1.68. The van der Waals surface area contributed by atoms with E-state index >= 15 is 0 Å². The van der Waals surface area contributed by atoms with Gasteiger partial charge in [-0.05, 0) is 30.7 Å². The molecule has 0 fully saturated rings. The maximum absolute atomic E-state index is 12.0. The number of ether oxygens (including phenoxy) is 1. The first-order valence-electron chi connectivity index (χ1n) is 5.89. The number of alkyl halides is 3. The maximum Gasteiger partial charge on any atom is 0.573 e. The summed E-state index contributed by atoms with van der Waals surface area (Å²) in [5.41, 5.74) is 0.625. The van der Waals surface area contributed by atoms with Gasteiger partial charge in [0.1, 0.15) is 5.75 Å². The Hall–Kier alpha value is -2.51. The first-order valence-corrected chi connectivity index (χ1v) is 5.89.